The van der Waals surface area contributed by atoms with Gasteiger partial charge in [-0.25, -0.2) is 14.4 Å². The zero-order valence-corrected chi connectivity index (χ0v) is 31.4. The normalized spacial score (nSPS) is 18.7. The maximum atomic E-state index is 13.8. The van der Waals surface area contributed by atoms with E-state index in [1.54, 1.807) is 37.3 Å². The van der Waals surface area contributed by atoms with Crippen molar-refractivity contribution in [3.8, 4) is 5.75 Å². The van der Waals surface area contributed by atoms with Crippen molar-refractivity contribution in [2.45, 2.75) is 90.0 Å². The molecular weight excluding hydrogens is 697 g/mol. The Morgan fingerprint density at radius 1 is 1.02 bits per heavy atom. The van der Waals surface area contributed by atoms with Crippen molar-refractivity contribution in [2.24, 2.45) is 5.11 Å². The number of benzene rings is 1. The molecule has 1 aromatic carbocycles. The number of amides is 1. The Hall–Kier alpha value is -4.71. The number of nitrogens with one attached hydrogen (secondary N) is 3. The zero-order valence-electron chi connectivity index (χ0n) is 30.5. The molecule has 1 aliphatic heterocycles. The van der Waals surface area contributed by atoms with Gasteiger partial charge in [0.15, 0.2) is 0 Å². The molecule has 1 aliphatic rings. The third-order valence-corrected chi connectivity index (χ3v) is 9.47. The summed E-state index contributed by atoms with van der Waals surface area (Å²) in [5.41, 5.74) is 8.24. The molecule has 1 amide bonds. The highest BCUT2D eigenvalue weighted by Crippen LogP contribution is 2.45. The molecule has 2 aromatic rings. The number of hydrogen-bond donors (Lipinski definition) is 3. The average Bonchev–Trinajstić information content (AvgIpc) is 3.55. The second-order valence-electron chi connectivity index (χ2n) is 12.2. The van der Waals surface area contributed by atoms with E-state index in [9.17, 15) is 18.9 Å². The molecular formula is C38H52N7O7P. The fraction of sp³-hybridized carbons (Fsp3) is 0.447. The minimum absolute atomic E-state index is 0.0740. The molecule has 2 unspecified atom stereocenters. The number of aryl methyl sites for hydroxylation is 1. The number of rotatable bonds is 24. The second kappa shape index (κ2) is 24.5. The van der Waals surface area contributed by atoms with Crippen LogP contribution < -0.4 is 26.2 Å². The molecule has 14 nitrogen and oxygen atoms in total. The lowest BCUT2D eigenvalue weighted by atomic mass is 10.1. The van der Waals surface area contributed by atoms with E-state index < -0.39 is 37.4 Å². The molecule has 286 valence electrons. The first kappa shape index (κ1) is 42.7. The van der Waals surface area contributed by atoms with Crippen LogP contribution in [0.4, 0.5) is 0 Å². The molecule has 2 heterocycles. The highest BCUT2D eigenvalue weighted by molar-refractivity contribution is 7.52. The highest BCUT2D eigenvalue weighted by Gasteiger charge is 2.39. The Morgan fingerprint density at radius 3 is 2.30 bits per heavy atom. The van der Waals surface area contributed by atoms with E-state index in [1.165, 1.54) is 10.8 Å². The number of para-hydroxylation sites is 1. The Labute approximate surface area is 310 Å². The first-order valence-electron chi connectivity index (χ1n) is 18.0. The number of hydrogen-bond acceptors (Lipinski definition) is 8. The third kappa shape index (κ3) is 16.7. The molecule has 3 rings (SSSR count). The number of aromatic nitrogens is 2. The summed E-state index contributed by atoms with van der Waals surface area (Å²) in [6.07, 6.45) is 27.8. The van der Waals surface area contributed by atoms with E-state index in [-0.39, 0.29) is 37.8 Å². The molecule has 15 heteroatoms. The van der Waals surface area contributed by atoms with Crippen molar-refractivity contribution in [1.29, 1.82) is 0 Å². The number of carbonyl (C=O) groups excluding carboxylic acids is 1. The fourth-order valence-corrected chi connectivity index (χ4v) is 6.49. The third-order valence-electron chi connectivity index (χ3n) is 7.92. The minimum Gasteiger partial charge on any atom is -0.413 e. The topological polar surface area (TPSA) is 190 Å². The van der Waals surface area contributed by atoms with Gasteiger partial charge in [-0.15, -0.1) is 0 Å². The van der Waals surface area contributed by atoms with E-state index in [4.69, 9.17) is 19.3 Å². The number of nitrogens with zero attached hydrogens (tertiary/aromatic N) is 4. The Kier molecular flexibility index (Phi) is 19.8. The molecule has 1 saturated heterocycles. The Balaban J connectivity index is 1.40. The maximum Gasteiger partial charge on any atom is 0.458 e. The predicted molar refractivity (Wildman–Crippen MR) is 207 cm³/mol. The van der Waals surface area contributed by atoms with Crippen molar-refractivity contribution in [2.75, 3.05) is 19.7 Å². The molecule has 0 radical (unpaired) electrons. The number of aromatic amines is 1. The number of allylic oxidation sites excluding steroid dienone is 10. The monoisotopic (exact) mass is 749 g/mol. The quantitative estimate of drug-likeness (QED) is 0.0244. The van der Waals surface area contributed by atoms with Gasteiger partial charge in [0.05, 0.1) is 18.8 Å². The SMILES string of the molecule is CC/C=C\C/C=C\C/C=C\C/C=C\C/C=C\CCCC(=O)NCCNP(=O)(OC[C@H]1OC(n2cc(C)c(=O)[nH]c2=O)C[C@@H]1N=[N+]=[N-])Oc1ccccc1. The van der Waals surface area contributed by atoms with E-state index in [2.05, 4.69) is 93.1 Å². The molecule has 3 N–H and O–H groups in total. The second-order valence-corrected chi connectivity index (χ2v) is 13.9. The van der Waals surface area contributed by atoms with Crippen LogP contribution in [0.1, 0.15) is 76.5 Å². The molecule has 4 atom stereocenters. The van der Waals surface area contributed by atoms with Crippen LogP contribution in [0, 0.1) is 6.92 Å². The van der Waals surface area contributed by atoms with E-state index in [0.717, 1.165) is 38.5 Å². The van der Waals surface area contributed by atoms with Crippen LogP contribution in [0.3, 0.4) is 0 Å². The summed E-state index contributed by atoms with van der Waals surface area (Å²) in [5.74, 6) is 0.156. The van der Waals surface area contributed by atoms with Gasteiger partial charge in [-0.1, -0.05) is 91.0 Å². The summed E-state index contributed by atoms with van der Waals surface area (Å²) in [4.78, 5) is 41.8. The van der Waals surface area contributed by atoms with Crippen LogP contribution in [0.5, 0.6) is 5.75 Å². The van der Waals surface area contributed by atoms with Crippen molar-refractivity contribution in [1.82, 2.24) is 20.0 Å². The van der Waals surface area contributed by atoms with Crippen molar-refractivity contribution < 1.29 is 23.1 Å². The van der Waals surface area contributed by atoms with Gasteiger partial charge in [-0.3, -0.25) is 23.7 Å². The van der Waals surface area contributed by atoms with Crippen LogP contribution in [0.25, 0.3) is 10.4 Å². The van der Waals surface area contributed by atoms with Gasteiger partial charge in [0.25, 0.3) is 5.56 Å². The van der Waals surface area contributed by atoms with Gasteiger partial charge < -0.3 is 14.6 Å². The van der Waals surface area contributed by atoms with Crippen molar-refractivity contribution in [3.05, 3.63) is 134 Å². The lowest BCUT2D eigenvalue weighted by Crippen LogP contribution is -2.34. The molecule has 1 aromatic heterocycles. The van der Waals surface area contributed by atoms with Gasteiger partial charge in [-0.05, 0) is 69.5 Å². The van der Waals surface area contributed by atoms with Gasteiger partial charge in [0.2, 0.25) is 5.91 Å². The molecule has 0 spiro atoms. The maximum absolute atomic E-state index is 13.8. The molecule has 53 heavy (non-hydrogen) atoms. The van der Waals surface area contributed by atoms with Gasteiger partial charge in [0.1, 0.15) is 12.0 Å². The van der Waals surface area contributed by atoms with Crippen LogP contribution in [0.2, 0.25) is 0 Å². The number of H-pyrrole nitrogens is 1. The summed E-state index contributed by atoms with van der Waals surface area (Å²) >= 11 is 0. The standard InChI is InChI=1S/C38H52N7O7P/c1-3-4-5-6-7-8-9-10-11-12-13-14-15-16-17-18-22-25-35(46)40-26-27-41-53(49,52-32-23-20-19-21-24-32)50-30-34-33(43-44-39)28-36(51-34)45-29-31(2)37(47)42-38(45)48/h4-5,7-8,10-11,13-14,16-17,19-21,23-24,29,33-34,36H,3,6,9,12,15,18,22,25-28,30H2,1-2H3,(H,40,46)(H,41,49)(H,42,47,48)/b5-4-,8-7-,11-10-,14-13-,17-16-/t33-,34+,36?,53?/m0/s1. The van der Waals surface area contributed by atoms with Crippen LogP contribution in [-0.2, 0) is 18.6 Å². The summed E-state index contributed by atoms with van der Waals surface area (Å²) in [6, 6.07) is 7.68. The number of azide groups is 1. The van der Waals surface area contributed by atoms with Gasteiger partial charge in [0, 0.05) is 42.6 Å². The van der Waals surface area contributed by atoms with E-state index >= 15 is 0 Å². The minimum atomic E-state index is -4.03. The summed E-state index contributed by atoms with van der Waals surface area (Å²) in [5, 5.41) is 9.37. The molecule has 0 aliphatic carbocycles. The van der Waals surface area contributed by atoms with E-state index in [1.807, 2.05) is 0 Å². The number of carbonyl (C=O) groups is 1. The van der Waals surface area contributed by atoms with Gasteiger partial charge >= 0.3 is 13.4 Å². The molecule has 0 saturated carbocycles. The lowest BCUT2D eigenvalue weighted by Gasteiger charge is -2.23. The van der Waals surface area contributed by atoms with Crippen molar-refractivity contribution >= 4 is 13.7 Å². The average molecular weight is 750 g/mol. The summed E-state index contributed by atoms with van der Waals surface area (Å²) in [6.45, 7) is 3.62. The predicted octanol–water partition coefficient (Wildman–Crippen LogP) is 7.64. The van der Waals surface area contributed by atoms with E-state index in [0.29, 0.717) is 18.4 Å². The van der Waals surface area contributed by atoms with Crippen LogP contribution >= 0.6 is 7.75 Å². The highest BCUT2D eigenvalue weighted by atomic mass is 31.2. The largest absolute Gasteiger partial charge is 0.458 e. The first-order chi connectivity index (χ1) is 25.7. The van der Waals surface area contributed by atoms with Crippen molar-refractivity contribution in [3.63, 3.8) is 0 Å². The molecule has 1 fully saturated rings. The van der Waals surface area contributed by atoms with Crippen LogP contribution in [-0.4, -0.2) is 47.3 Å². The zero-order chi connectivity index (χ0) is 38.2. The lowest BCUT2D eigenvalue weighted by molar-refractivity contribution is -0.121. The first-order valence-corrected chi connectivity index (χ1v) is 19.6. The fourth-order valence-electron chi connectivity index (χ4n) is 5.15. The Bertz CT molecular complexity index is 1780. The summed E-state index contributed by atoms with van der Waals surface area (Å²) < 4.78 is 32.5. The number of ether oxygens (including phenoxy) is 1. The van der Waals surface area contributed by atoms with Gasteiger partial charge in [-0.2, -0.15) is 0 Å². The summed E-state index contributed by atoms with van der Waals surface area (Å²) in [7, 11) is -4.03. The Morgan fingerprint density at radius 2 is 1.66 bits per heavy atom. The molecule has 0 bridgehead atoms. The van der Waals surface area contributed by atoms with Crippen LogP contribution in [0.15, 0.2) is 112 Å². The smallest absolute Gasteiger partial charge is 0.413 e. The number of unbranched alkanes of at least 4 members (excludes halogenated alkanes) is 1.